The molecule has 2 heterocycles. The van der Waals surface area contributed by atoms with Crippen LogP contribution in [0.2, 0.25) is 5.02 Å². The van der Waals surface area contributed by atoms with Gasteiger partial charge in [0.2, 0.25) is 5.91 Å². The summed E-state index contributed by atoms with van der Waals surface area (Å²) in [6, 6.07) is 6.30. The summed E-state index contributed by atoms with van der Waals surface area (Å²) < 4.78 is 5.17. The average Bonchev–Trinajstić information content (AvgIpc) is 3.11. The van der Waals surface area contributed by atoms with Gasteiger partial charge in [-0.15, -0.1) is 0 Å². The second-order valence-electron chi connectivity index (χ2n) is 6.04. The Morgan fingerprint density at radius 3 is 2.81 bits per heavy atom. The fourth-order valence-corrected chi connectivity index (χ4v) is 3.26. The maximum Gasteiger partial charge on any atom is 0.311 e. The monoisotopic (exact) mass is 376 g/mol. The first-order chi connectivity index (χ1) is 12.4. The quantitative estimate of drug-likeness (QED) is 0.834. The van der Waals surface area contributed by atoms with Crippen LogP contribution in [0.15, 0.2) is 34.9 Å². The van der Waals surface area contributed by atoms with E-state index in [1.165, 1.54) is 11.2 Å². The van der Waals surface area contributed by atoms with E-state index >= 15 is 0 Å². The number of anilines is 1. The minimum Gasteiger partial charge on any atom is -0.481 e. The molecule has 0 radical (unpaired) electrons. The summed E-state index contributed by atoms with van der Waals surface area (Å²) in [7, 11) is 0. The lowest BCUT2D eigenvalue weighted by molar-refractivity contribution is -0.136. The minimum absolute atomic E-state index is 0.0703. The molecule has 1 aromatic heterocycles. The van der Waals surface area contributed by atoms with Crippen molar-refractivity contribution in [1.29, 1.82) is 0 Å². The molecule has 1 aliphatic rings. The van der Waals surface area contributed by atoms with Gasteiger partial charge >= 0.3 is 5.97 Å². The lowest BCUT2D eigenvalue weighted by atomic mass is 10.1. The van der Waals surface area contributed by atoms with Crippen molar-refractivity contribution in [2.45, 2.75) is 25.8 Å². The lowest BCUT2D eigenvalue weighted by Gasteiger charge is -2.18. The number of carbonyl (C=O) groups is 3. The predicted octanol–water partition coefficient (Wildman–Crippen LogP) is 2.40. The molecule has 26 heavy (non-hydrogen) atoms. The third-order valence-corrected chi connectivity index (χ3v) is 4.56. The Kier molecular flexibility index (Phi) is 4.99. The highest BCUT2D eigenvalue weighted by molar-refractivity contribution is 6.34. The lowest BCUT2D eigenvalue weighted by Crippen LogP contribution is -2.42. The molecular formula is C18H17ClN2O5. The topological polar surface area (TPSA) is 99.8 Å². The van der Waals surface area contributed by atoms with Crippen molar-refractivity contribution in [2.75, 3.05) is 11.4 Å². The second-order valence-corrected chi connectivity index (χ2v) is 6.45. The normalized spacial score (nSPS) is 16.8. The summed E-state index contributed by atoms with van der Waals surface area (Å²) >= 11 is 6.15. The highest BCUT2D eigenvalue weighted by Gasteiger charge is 2.35. The smallest absolute Gasteiger partial charge is 0.311 e. The molecule has 0 saturated carbocycles. The number of halogens is 1. The van der Waals surface area contributed by atoms with Gasteiger partial charge in [0.15, 0.2) is 0 Å². The number of benzene rings is 1. The van der Waals surface area contributed by atoms with Crippen LogP contribution < -0.4 is 10.2 Å². The Labute approximate surface area is 154 Å². The van der Waals surface area contributed by atoms with Crippen LogP contribution in [-0.4, -0.2) is 35.5 Å². The standard InChI is InChI=1S/C18H17ClN2O5/c1-10-9-26-14(8-15(22)23)16(10)17(24)20-12-6-7-21(18(12)25)13-5-3-2-4-11(13)19/h2-5,9,12H,6-8H2,1H3,(H,20,24)(H,22,23). The van der Waals surface area contributed by atoms with Gasteiger partial charge in [-0.25, -0.2) is 0 Å². The molecule has 8 heteroatoms. The maximum absolute atomic E-state index is 12.6. The van der Waals surface area contributed by atoms with Gasteiger partial charge in [0, 0.05) is 12.1 Å². The molecule has 1 aliphatic heterocycles. The van der Waals surface area contributed by atoms with Crippen LogP contribution in [-0.2, 0) is 16.0 Å². The number of para-hydroxylation sites is 1. The molecule has 0 bridgehead atoms. The Hall–Kier alpha value is -2.80. The molecule has 3 rings (SSSR count). The van der Waals surface area contributed by atoms with Gasteiger partial charge in [0.1, 0.15) is 18.2 Å². The molecular weight excluding hydrogens is 360 g/mol. The first-order valence-electron chi connectivity index (χ1n) is 8.04. The molecule has 1 atom stereocenters. The first kappa shape index (κ1) is 18.0. The Bertz CT molecular complexity index is 876. The van der Waals surface area contributed by atoms with E-state index < -0.39 is 24.3 Å². The summed E-state index contributed by atoms with van der Waals surface area (Å²) in [6.45, 7) is 2.08. The number of amides is 2. The first-order valence-corrected chi connectivity index (χ1v) is 8.41. The van der Waals surface area contributed by atoms with E-state index in [0.717, 1.165) is 0 Å². The van der Waals surface area contributed by atoms with Crippen LogP contribution in [0.1, 0.15) is 28.1 Å². The van der Waals surface area contributed by atoms with Gasteiger partial charge in [0.25, 0.3) is 5.91 Å². The van der Waals surface area contributed by atoms with E-state index in [2.05, 4.69) is 5.32 Å². The number of aryl methyl sites for hydroxylation is 1. The van der Waals surface area contributed by atoms with Crippen LogP contribution in [0.25, 0.3) is 0 Å². The summed E-state index contributed by atoms with van der Waals surface area (Å²) in [5.41, 5.74) is 1.28. The second kappa shape index (κ2) is 7.21. The fourth-order valence-electron chi connectivity index (χ4n) is 3.02. The number of hydrogen-bond donors (Lipinski definition) is 2. The molecule has 1 aromatic carbocycles. The van der Waals surface area contributed by atoms with Crippen LogP contribution >= 0.6 is 11.6 Å². The molecule has 2 aromatic rings. The number of furan rings is 1. The van der Waals surface area contributed by atoms with Crippen molar-refractivity contribution >= 4 is 35.1 Å². The molecule has 1 saturated heterocycles. The van der Waals surface area contributed by atoms with Gasteiger partial charge in [-0.2, -0.15) is 0 Å². The van der Waals surface area contributed by atoms with Crippen molar-refractivity contribution in [2.24, 2.45) is 0 Å². The van der Waals surface area contributed by atoms with Gasteiger partial charge < -0.3 is 19.7 Å². The molecule has 2 amide bonds. The summed E-state index contributed by atoms with van der Waals surface area (Å²) in [5.74, 6) is -1.81. The van der Waals surface area contributed by atoms with E-state index in [1.807, 2.05) is 0 Å². The Morgan fingerprint density at radius 2 is 2.12 bits per heavy atom. The van der Waals surface area contributed by atoms with Crippen molar-refractivity contribution < 1.29 is 23.9 Å². The molecule has 0 spiro atoms. The third-order valence-electron chi connectivity index (χ3n) is 4.24. The largest absolute Gasteiger partial charge is 0.481 e. The SMILES string of the molecule is Cc1coc(CC(=O)O)c1C(=O)NC1CCN(c2ccccc2Cl)C1=O. The van der Waals surface area contributed by atoms with E-state index in [0.29, 0.717) is 29.2 Å². The van der Waals surface area contributed by atoms with Crippen LogP contribution in [0.5, 0.6) is 0 Å². The van der Waals surface area contributed by atoms with E-state index in [1.54, 1.807) is 31.2 Å². The molecule has 7 nitrogen and oxygen atoms in total. The number of carboxylic acids is 1. The highest BCUT2D eigenvalue weighted by atomic mass is 35.5. The summed E-state index contributed by atoms with van der Waals surface area (Å²) in [6.07, 6.45) is 1.36. The number of nitrogens with one attached hydrogen (secondary N) is 1. The van der Waals surface area contributed by atoms with Gasteiger partial charge in [-0.05, 0) is 25.5 Å². The van der Waals surface area contributed by atoms with Crippen molar-refractivity contribution in [3.05, 3.63) is 52.4 Å². The van der Waals surface area contributed by atoms with Crippen molar-refractivity contribution in [3.63, 3.8) is 0 Å². The number of carbonyl (C=O) groups excluding carboxylic acids is 2. The highest BCUT2D eigenvalue weighted by Crippen LogP contribution is 2.29. The number of carboxylic acid groups (broad SMARTS) is 1. The number of rotatable bonds is 5. The Balaban J connectivity index is 1.75. The fraction of sp³-hybridized carbons (Fsp3) is 0.278. The van der Waals surface area contributed by atoms with Gasteiger partial charge in [0.05, 0.1) is 22.5 Å². The summed E-state index contributed by atoms with van der Waals surface area (Å²) in [5, 5.41) is 12.1. The zero-order valence-electron chi connectivity index (χ0n) is 14.0. The van der Waals surface area contributed by atoms with E-state index in [-0.39, 0.29) is 17.2 Å². The molecule has 1 fully saturated rings. The van der Waals surface area contributed by atoms with Crippen molar-refractivity contribution in [3.8, 4) is 0 Å². The molecule has 0 aliphatic carbocycles. The van der Waals surface area contributed by atoms with Crippen LogP contribution in [0, 0.1) is 6.92 Å². The van der Waals surface area contributed by atoms with Gasteiger partial charge in [-0.1, -0.05) is 23.7 Å². The minimum atomic E-state index is -1.10. The zero-order valence-corrected chi connectivity index (χ0v) is 14.7. The van der Waals surface area contributed by atoms with Crippen LogP contribution in [0.4, 0.5) is 5.69 Å². The predicted molar refractivity (Wildman–Crippen MR) is 94.5 cm³/mol. The molecule has 1 unspecified atom stereocenters. The van der Waals surface area contributed by atoms with Crippen LogP contribution in [0.3, 0.4) is 0 Å². The number of hydrogen-bond acceptors (Lipinski definition) is 4. The molecule has 136 valence electrons. The maximum atomic E-state index is 12.6. The summed E-state index contributed by atoms with van der Waals surface area (Å²) in [4.78, 5) is 37.7. The number of nitrogens with zero attached hydrogens (tertiary/aromatic N) is 1. The van der Waals surface area contributed by atoms with E-state index in [9.17, 15) is 14.4 Å². The zero-order chi connectivity index (χ0) is 18.8. The molecule has 2 N–H and O–H groups in total. The average molecular weight is 377 g/mol. The van der Waals surface area contributed by atoms with Gasteiger partial charge in [-0.3, -0.25) is 14.4 Å². The van der Waals surface area contributed by atoms with E-state index in [4.69, 9.17) is 21.1 Å². The Morgan fingerprint density at radius 1 is 1.38 bits per heavy atom. The van der Waals surface area contributed by atoms with Crippen molar-refractivity contribution in [1.82, 2.24) is 5.32 Å². The number of aliphatic carboxylic acids is 1. The third kappa shape index (κ3) is 3.43.